The van der Waals surface area contributed by atoms with Gasteiger partial charge in [-0.3, -0.25) is 9.69 Å². The molecule has 3 atom stereocenters. The molecule has 0 bridgehead atoms. The van der Waals surface area contributed by atoms with Crippen molar-refractivity contribution in [3.8, 4) is 0 Å². The van der Waals surface area contributed by atoms with Crippen LogP contribution in [0.4, 0.5) is 5.69 Å². The Kier molecular flexibility index (Phi) is 5.25. The second kappa shape index (κ2) is 6.77. The van der Waals surface area contributed by atoms with Crippen LogP contribution in [-0.2, 0) is 9.53 Å². The molecule has 5 heteroatoms. The molecular weight excluding hydrogens is 288 g/mol. The van der Waals surface area contributed by atoms with E-state index < -0.39 is 0 Å². The van der Waals surface area contributed by atoms with E-state index in [0.717, 1.165) is 24.3 Å². The monoisotopic (exact) mass is 310 g/mol. The lowest BCUT2D eigenvalue weighted by atomic mass is 10.1. The van der Waals surface area contributed by atoms with Crippen molar-refractivity contribution in [2.75, 3.05) is 18.4 Å². The van der Waals surface area contributed by atoms with E-state index in [0.29, 0.717) is 5.02 Å². The minimum Gasteiger partial charge on any atom is -0.373 e. The number of morpholine rings is 1. The second-order valence-electron chi connectivity index (χ2n) is 5.79. The molecule has 0 unspecified atom stereocenters. The molecule has 116 valence electrons. The molecule has 21 heavy (non-hydrogen) atoms. The van der Waals surface area contributed by atoms with Crippen molar-refractivity contribution in [1.82, 2.24) is 4.90 Å². The molecule has 0 spiro atoms. The molecule has 1 aromatic carbocycles. The van der Waals surface area contributed by atoms with Gasteiger partial charge in [0.05, 0.1) is 18.2 Å². The Morgan fingerprint density at radius 2 is 2.00 bits per heavy atom. The van der Waals surface area contributed by atoms with Crippen LogP contribution in [0.15, 0.2) is 18.2 Å². The van der Waals surface area contributed by atoms with Crippen molar-refractivity contribution in [2.24, 2.45) is 0 Å². The summed E-state index contributed by atoms with van der Waals surface area (Å²) in [6.07, 6.45) is 0.300. The molecule has 1 aromatic rings. The molecule has 0 aromatic heterocycles. The fraction of sp³-hybridized carbons (Fsp3) is 0.562. The lowest BCUT2D eigenvalue weighted by Crippen LogP contribution is -2.52. The van der Waals surface area contributed by atoms with Crippen LogP contribution >= 0.6 is 11.6 Å². The lowest BCUT2D eigenvalue weighted by Gasteiger charge is -2.38. The maximum absolute atomic E-state index is 12.5. The number of ether oxygens (including phenoxy) is 1. The molecule has 2 rings (SSSR count). The Morgan fingerprint density at radius 1 is 1.38 bits per heavy atom. The van der Waals surface area contributed by atoms with Crippen molar-refractivity contribution in [1.29, 1.82) is 0 Å². The van der Waals surface area contributed by atoms with Gasteiger partial charge in [-0.25, -0.2) is 0 Å². The Bertz CT molecular complexity index is 511. The van der Waals surface area contributed by atoms with Crippen LogP contribution in [0.25, 0.3) is 0 Å². The molecule has 0 radical (unpaired) electrons. The van der Waals surface area contributed by atoms with Crippen molar-refractivity contribution in [3.05, 3.63) is 28.8 Å². The molecule has 0 aliphatic carbocycles. The maximum atomic E-state index is 12.5. The van der Waals surface area contributed by atoms with Crippen molar-refractivity contribution < 1.29 is 9.53 Å². The third-order valence-electron chi connectivity index (χ3n) is 3.90. The highest BCUT2D eigenvalue weighted by atomic mass is 35.5. The van der Waals surface area contributed by atoms with Crippen LogP contribution in [0.2, 0.25) is 5.02 Å². The minimum atomic E-state index is -0.197. The van der Waals surface area contributed by atoms with Crippen LogP contribution in [0.1, 0.15) is 26.3 Å². The number of anilines is 1. The van der Waals surface area contributed by atoms with Gasteiger partial charge in [0.1, 0.15) is 0 Å². The van der Waals surface area contributed by atoms with E-state index in [9.17, 15) is 4.79 Å². The van der Waals surface area contributed by atoms with Crippen molar-refractivity contribution >= 4 is 23.2 Å². The van der Waals surface area contributed by atoms with E-state index in [1.807, 2.05) is 45.9 Å². The second-order valence-corrected chi connectivity index (χ2v) is 6.20. The number of carbonyl (C=O) groups excluding carboxylic acids is 1. The van der Waals surface area contributed by atoms with Gasteiger partial charge in [-0.05, 0) is 45.4 Å². The summed E-state index contributed by atoms with van der Waals surface area (Å²) < 4.78 is 5.71. The first-order chi connectivity index (χ1) is 9.88. The molecule has 1 saturated heterocycles. The predicted octanol–water partition coefficient (Wildman–Crippen LogP) is 3.08. The van der Waals surface area contributed by atoms with Gasteiger partial charge in [0, 0.05) is 23.8 Å². The summed E-state index contributed by atoms with van der Waals surface area (Å²) in [5.41, 5.74) is 1.66. The van der Waals surface area contributed by atoms with Gasteiger partial charge in [-0.2, -0.15) is 0 Å². The minimum absolute atomic E-state index is 0.0123. The van der Waals surface area contributed by atoms with Crippen LogP contribution in [0, 0.1) is 6.92 Å². The maximum Gasteiger partial charge on any atom is 0.241 e. The smallest absolute Gasteiger partial charge is 0.241 e. The summed E-state index contributed by atoms with van der Waals surface area (Å²) in [7, 11) is 0. The first kappa shape index (κ1) is 16.3. The zero-order valence-electron chi connectivity index (χ0n) is 13.0. The molecule has 1 N–H and O–H groups in total. The quantitative estimate of drug-likeness (QED) is 0.933. The van der Waals surface area contributed by atoms with E-state index >= 15 is 0 Å². The number of hydrogen-bond acceptors (Lipinski definition) is 3. The molecule has 1 aliphatic heterocycles. The van der Waals surface area contributed by atoms with E-state index in [2.05, 4.69) is 10.2 Å². The highest BCUT2D eigenvalue weighted by Crippen LogP contribution is 2.23. The van der Waals surface area contributed by atoms with Crippen LogP contribution < -0.4 is 5.32 Å². The Hall–Kier alpha value is -1.10. The van der Waals surface area contributed by atoms with Gasteiger partial charge in [0.15, 0.2) is 0 Å². The fourth-order valence-electron chi connectivity index (χ4n) is 2.68. The predicted molar refractivity (Wildman–Crippen MR) is 85.9 cm³/mol. The van der Waals surface area contributed by atoms with E-state index in [4.69, 9.17) is 16.3 Å². The molecule has 1 amide bonds. The Balaban J connectivity index is 2.04. The van der Waals surface area contributed by atoms with Crippen molar-refractivity contribution in [2.45, 2.75) is 45.9 Å². The third kappa shape index (κ3) is 3.96. The molecule has 0 saturated carbocycles. The zero-order chi connectivity index (χ0) is 15.6. The van der Waals surface area contributed by atoms with Gasteiger partial charge in [-0.15, -0.1) is 0 Å². The largest absolute Gasteiger partial charge is 0.373 e. The number of nitrogens with zero attached hydrogens (tertiary/aromatic N) is 1. The molecular formula is C16H23ClN2O2. The average molecular weight is 311 g/mol. The zero-order valence-corrected chi connectivity index (χ0v) is 13.8. The first-order valence-electron chi connectivity index (χ1n) is 7.34. The standard InChI is InChI=1S/C16H23ClN2O2/c1-10-8-19(9-11(2)21-10)13(4)16(20)18-15-7-5-6-14(17)12(15)3/h5-7,10-11,13H,8-9H2,1-4H3,(H,18,20)/t10-,11-,13+/m1/s1. The van der Waals surface area contributed by atoms with Crippen LogP contribution in [-0.4, -0.2) is 42.1 Å². The van der Waals surface area contributed by atoms with Crippen molar-refractivity contribution in [3.63, 3.8) is 0 Å². The molecule has 1 heterocycles. The molecule has 4 nitrogen and oxygen atoms in total. The number of benzene rings is 1. The van der Waals surface area contributed by atoms with Gasteiger partial charge in [-0.1, -0.05) is 17.7 Å². The molecule has 1 aliphatic rings. The Labute approximate surface area is 131 Å². The van der Waals surface area contributed by atoms with Crippen LogP contribution in [0.3, 0.4) is 0 Å². The number of nitrogens with one attached hydrogen (secondary N) is 1. The van der Waals surface area contributed by atoms with E-state index in [-0.39, 0.29) is 24.2 Å². The van der Waals surface area contributed by atoms with Gasteiger partial charge in [0.2, 0.25) is 5.91 Å². The van der Waals surface area contributed by atoms with E-state index in [1.54, 1.807) is 0 Å². The number of amides is 1. The lowest BCUT2D eigenvalue weighted by molar-refractivity contribution is -0.126. The fourth-order valence-corrected chi connectivity index (χ4v) is 2.85. The van der Waals surface area contributed by atoms with Gasteiger partial charge < -0.3 is 10.1 Å². The molecule has 1 fully saturated rings. The van der Waals surface area contributed by atoms with Crippen LogP contribution in [0.5, 0.6) is 0 Å². The summed E-state index contributed by atoms with van der Waals surface area (Å²) in [5, 5.41) is 3.63. The average Bonchev–Trinajstić information content (AvgIpc) is 2.42. The van der Waals surface area contributed by atoms with Gasteiger partial charge in [0.25, 0.3) is 0 Å². The number of halogens is 1. The van der Waals surface area contributed by atoms with E-state index in [1.165, 1.54) is 0 Å². The summed E-state index contributed by atoms with van der Waals surface area (Å²) >= 11 is 6.09. The Morgan fingerprint density at radius 3 is 2.62 bits per heavy atom. The summed E-state index contributed by atoms with van der Waals surface area (Å²) in [6.45, 7) is 9.45. The number of rotatable bonds is 3. The topological polar surface area (TPSA) is 41.6 Å². The normalized spacial score (nSPS) is 24.6. The number of hydrogen-bond donors (Lipinski definition) is 1. The van der Waals surface area contributed by atoms with Gasteiger partial charge >= 0.3 is 0 Å². The summed E-state index contributed by atoms with van der Waals surface area (Å²) in [5.74, 6) is -0.0123. The highest BCUT2D eigenvalue weighted by Gasteiger charge is 2.29. The number of carbonyl (C=O) groups is 1. The highest BCUT2D eigenvalue weighted by molar-refractivity contribution is 6.31. The summed E-state index contributed by atoms with van der Waals surface area (Å²) in [6, 6.07) is 5.34. The first-order valence-corrected chi connectivity index (χ1v) is 7.71. The SMILES string of the molecule is Cc1c(Cl)cccc1NC(=O)[C@H](C)N1C[C@@H](C)O[C@H](C)C1. The summed E-state index contributed by atoms with van der Waals surface area (Å²) in [4.78, 5) is 14.6. The third-order valence-corrected chi connectivity index (χ3v) is 4.31.